The molecular weight excluding hydrogens is 1020 g/mol. The smallest absolute Gasteiger partial charge is 0.205 e. The van der Waals surface area contributed by atoms with Crippen LogP contribution in [0.3, 0.4) is 0 Å². The number of phenolic OH excluding ortho intramolecular Hbond substituents is 28. The Bertz CT molecular complexity index is 4360. The summed E-state index contributed by atoms with van der Waals surface area (Å²) in [4.78, 5) is 0. The third-order valence-electron chi connectivity index (χ3n) is 12.9. The highest BCUT2D eigenvalue weighted by atomic mass is 16.4. The summed E-state index contributed by atoms with van der Waals surface area (Å²) < 4.78 is 5.56. The molecule has 0 aliphatic rings. The third kappa shape index (κ3) is 5.20. The van der Waals surface area contributed by atoms with Gasteiger partial charge in [0.15, 0.2) is 97.4 Å². The molecule has 1 heterocycles. The number of benzene rings is 9. The minimum atomic E-state index is -1.91. The molecule has 10 rings (SSSR count). The molecule has 0 atom stereocenters. The van der Waals surface area contributed by atoms with Crippen molar-refractivity contribution in [1.82, 2.24) is 0 Å². The van der Waals surface area contributed by atoms with E-state index >= 15 is 0 Å². The fraction of sp³-hybridized carbons (Fsp3) is 0. The van der Waals surface area contributed by atoms with Crippen LogP contribution in [0.4, 0.5) is 0 Å². The van der Waals surface area contributed by atoms with E-state index in [0.717, 1.165) is 0 Å². The van der Waals surface area contributed by atoms with E-state index in [9.17, 15) is 143 Å². The largest absolute Gasteiger partial charge is 0.506 e. The first kappa shape index (κ1) is 46.9. The first-order valence-electron chi connectivity index (χ1n) is 20.2. The lowest BCUT2D eigenvalue weighted by atomic mass is 9.81. The van der Waals surface area contributed by atoms with Crippen molar-refractivity contribution < 1.29 is 147 Å². The molecule has 29 nitrogen and oxygen atoms in total. The van der Waals surface area contributed by atoms with Crippen LogP contribution >= 0.6 is 0 Å². The van der Waals surface area contributed by atoms with Crippen LogP contribution in [0.5, 0.6) is 161 Å². The summed E-state index contributed by atoms with van der Waals surface area (Å²) in [7, 11) is 0. The fourth-order valence-electron chi connectivity index (χ4n) is 9.47. The van der Waals surface area contributed by atoms with Crippen LogP contribution in [0.25, 0.3) is 98.4 Å². The average Bonchev–Trinajstić information content (AvgIpc) is 3.78. The summed E-state index contributed by atoms with van der Waals surface area (Å²) in [5.74, 6) is -47.1. The zero-order valence-electron chi connectivity index (χ0n) is 35.9. The van der Waals surface area contributed by atoms with Gasteiger partial charge in [-0.15, -0.1) is 0 Å². The van der Waals surface area contributed by atoms with Crippen molar-refractivity contribution in [2.75, 3.05) is 0 Å². The van der Waals surface area contributed by atoms with E-state index in [2.05, 4.69) is 0 Å². The maximum absolute atomic E-state index is 12.3. The van der Waals surface area contributed by atoms with Crippen LogP contribution in [0.15, 0.2) is 4.42 Å². The highest BCUT2D eigenvalue weighted by Crippen LogP contribution is 2.70. The predicted molar refractivity (Wildman–Crippen MR) is 247 cm³/mol. The maximum atomic E-state index is 12.3. The summed E-state index contributed by atoms with van der Waals surface area (Å²) in [6, 6.07) is 0. The van der Waals surface area contributed by atoms with Crippen molar-refractivity contribution in [2.24, 2.45) is 0 Å². The molecule has 10 aromatic rings. The molecule has 75 heavy (non-hydrogen) atoms. The number of rotatable bonds is 3. The van der Waals surface area contributed by atoms with Crippen LogP contribution in [0.2, 0.25) is 0 Å². The van der Waals surface area contributed by atoms with Gasteiger partial charge in [0.25, 0.3) is 0 Å². The summed E-state index contributed by atoms with van der Waals surface area (Å²) in [5.41, 5.74) is -11.4. The minimum absolute atomic E-state index is 0.987. The second-order valence-electron chi connectivity index (χ2n) is 16.5. The molecule has 0 spiro atoms. The minimum Gasteiger partial charge on any atom is -0.506 e. The Hall–Kier alpha value is -11.8. The lowest BCUT2D eigenvalue weighted by Crippen LogP contribution is -1.97. The molecule has 9 aromatic carbocycles. The van der Waals surface area contributed by atoms with E-state index in [-0.39, 0.29) is 0 Å². The van der Waals surface area contributed by atoms with Crippen molar-refractivity contribution in [3.8, 4) is 194 Å². The molecule has 0 amide bonds. The Kier molecular flexibility index (Phi) is 9.01. The molecule has 0 fully saturated rings. The lowest BCUT2D eigenvalue weighted by molar-refractivity contribution is 0.347. The van der Waals surface area contributed by atoms with Crippen molar-refractivity contribution in [3.05, 3.63) is 0 Å². The highest BCUT2D eigenvalue weighted by molar-refractivity contribution is 6.33. The van der Waals surface area contributed by atoms with E-state index in [1.807, 2.05) is 0 Å². The molecule has 0 unspecified atom stereocenters. The van der Waals surface area contributed by atoms with Gasteiger partial charge in [0, 0.05) is 32.7 Å². The molecule has 29 heteroatoms. The summed E-state index contributed by atoms with van der Waals surface area (Å²) in [5, 5.41) is 301. The van der Waals surface area contributed by atoms with Gasteiger partial charge in [0.05, 0.1) is 54.6 Å². The Morgan fingerprint density at radius 3 is 0.707 bits per heavy atom. The zero-order valence-corrected chi connectivity index (χ0v) is 35.9. The first-order valence-corrected chi connectivity index (χ1v) is 20.2. The molecule has 0 saturated heterocycles. The normalized spacial score (nSPS) is 11.9. The Morgan fingerprint density at radius 2 is 0.307 bits per heavy atom. The van der Waals surface area contributed by atoms with Gasteiger partial charge in [-0.25, -0.2) is 0 Å². The van der Waals surface area contributed by atoms with Gasteiger partial charge in [-0.2, -0.15) is 0 Å². The molecule has 0 aliphatic carbocycles. The Labute approximate surface area is 406 Å². The quantitative estimate of drug-likeness (QED) is 0.0631. The maximum Gasteiger partial charge on any atom is 0.205 e. The molecule has 1 aromatic heterocycles. The van der Waals surface area contributed by atoms with Crippen LogP contribution in [0, 0.1) is 0 Å². The van der Waals surface area contributed by atoms with Crippen molar-refractivity contribution in [3.63, 3.8) is 0 Å². The van der Waals surface area contributed by atoms with Gasteiger partial charge >= 0.3 is 0 Å². The van der Waals surface area contributed by atoms with E-state index in [1.165, 1.54) is 0 Å². The number of aromatic hydroxyl groups is 28. The molecule has 0 radical (unpaired) electrons. The predicted octanol–water partition coefficient (Wildman–Crippen LogP) is 4.96. The topological polar surface area (TPSA) is 580 Å². The van der Waals surface area contributed by atoms with Gasteiger partial charge in [-0.1, -0.05) is 0 Å². The molecule has 0 saturated carbocycles. The highest BCUT2D eigenvalue weighted by Gasteiger charge is 2.41. The monoisotopic (exact) mass is 1040 g/mol. The molecular formula is C46H28O29. The van der Waals surface area contributed by atoms with Gasteiger partial charge in [0.2, 0.25) is 57.5 Å². The molecule has 386 valence electrons. The lowest BCUT2D eigenvalue weighted by Gasteiger charge is -2.25. The second kappa shape index (κ2) is 14.4. The van der Waals surface area contributed by atoms with Crippen molar-refractivity contribution >= 4 is 65.0 Å². The summed E-state index contributed by atoms with van der Waals surface area (Å²) in [6.07, 6.45) is 0. The summed E-state index contributed by atoms with van der Waals surface area (Å²) >= 11 is 0. The standard InChI is InChI=1S/C46H28O29/c47-17-7(27(57)35(65)28(58)10(17)9-18(48)11-12(25(55)24(9)54)30(60)41(71)40(70)29(11)59)1-3-5(22(52)38(68)36(66)20(3)50)2(6-4(1)21(51)37(67)39(69)23(6)53)8-19(49)15-16-33(63)26(56)13-14(34(64)43(73)42(72)31(13)61)45(16)75-46(15)44(74)32(8)62/h47-74H. The molecule has 0 aliphatic heterocycles. The second-order valence-corrected chi connectivity index (χ2v) is 16.5. The molecule has 0 bridgehead atoms. The van der Waals surface area contributed by atoms with E-state index < -0.39 is 259 Å². The molecule has 28 N–H and O–H groups in total. The van der Waals surface area contributed by atoms with Crippen LogP contribution in [0.1, 0.15) is 0 Å². The number of fused-ring (bicyclic) bond motifs is 8. The van der Waals surface area contributed by atoms with Crippen LogP contribution in [-0.2, 0) is 0 Å². The first-order chi connectivity index (χ1) is 35.0. The number of hydrogen-bond donors (Lipinski definition) is 28. The number of furan rings is 1. The zero-order chi connectivity index (χ0) is 55.3. The average molecular weight is 1040 g/mol. The number of phenols is 28. The van der Waals surface area contributed by atoms with Crippen molar-refractivity contribution in [2.45, 2.75) is 0 Å². The summed E-state index contributed by atoms with van der Waals surface area (Å²) in [6.45, 7) is 0. The van der Waals surface area contributed by atoms with Crippen molar-refractivity contribution in [1.29, 1.82) is 0 Å². The fourth-order valence-corrected chi connectivity index (χ4v) is 9.47. The Balaban J connectivity index is 1.48. The third-order valence-corrected chi connectivity index (χ3v) is 12.9. The SMILES string of the molecule is Oc1c(O)c(-c2c(O)c(O)c3c(O)c(O)c(O)c(O)c3c2O)c(O)c(-c2c3c(O)c(O)c(O)c(O)c3c(-c3c(O)c(O)c4oc5c6c(O)c(O)c(O)c(O)c6c(O)c(O)c5c4c3O)c3c(O)c(O)c(O)c(O)c23)c1O. The van der Waals surface area contributed by atoms with Gasteiger partial charge in [-0.05, 0) is 0 Å². The van der Waals surface area contributed by atoms with Gasteiger partial charge in [-0.3, -0.25) is 0 Å². The van der Waals surface area contributed by atoms with Crippen LogP contribution in [-0.4, -0.2) is 143 Å². The number of hydrogen-bond acceptors (Lipinski definition) is 29. The van der Waals surface area contributed by atoms with E-state index in [1.54, 1.807) is 0 Å². The van der Waals surface area contributed by atoms with Gasteiger partial charge < -0.3 is 147 Å². The van der Waals surface area contributed by atoms with Gasteiger partial charge in [0.1, 0.15) is 17.2 Å². The van der Waals surface area contributed by atoms with Crippen LogP contribution < -0.4 is 0 Å². The van der Waals surface area contributed by atoms with E-state index in [4.69, 9.17) is 4.42 Å². The van der Waals surface area contributed by atoms with E-state index in [0.29, 0.717) is 0 Å². The Morgan fingerprint density at radius 1 is 0.120 bits per heavy atom.